The molecular weight excluding hydrogens is 341 g/mol. The molecule has 2 aromatic heterocycles. The van der Waals surface area contributed by atoms with Crippen LogP contribution >= 0.6 is 11.3 Å². The molecule has 1 fully saturated rings. The van der Waals surface area contributed by atoms with Crippen LogP contribution in [0.4, 0.5) is 4.39 Å². The van der Waals surface area contributed by atoms with E-state index in [0.29, 0.717) is 38.9 Å². The van der Waals surface area contributed by atoms with Crippen molar-refractivity contribution in [1.82, 2.24) is 14.8 Å². The van der Waals surface area contributed by atoms with Crippen molar-refractivity contribution < 1.29 is 13.6 Å². The van der Waals surface area contributed by atoms with E-state index in [9.17, 15) is 9.18 Å². The predicted octanol–water partition coefficient (Wildman–Crippen LogP) is 3.05. The third-order valence-electron chi connectivity index (χ3n) is 4.79. The Morgan fingerprint density at radius 1 is 1.56 bits per heavy atom. The van der Waals surface area contributed by atoms with Gasteiger partial charge in [0.2, 0.25) is 5.91 Å². The number of alkyl halides is 1. The molecule has 0 unspecified atom stereocenters. The van der Waals surface area contributed by atoms with E-state index in [2.05, 4.69) is 9.88 Å². The number of aromatic nitrogens is 1. The largest absolute Gasteiger partial charge is 0.472 e. The average Bonchev–Trinajstić information content (AvgIpc) is 3.29. The van der Waals surface area contributed by atoms with Crippen molar-refractivity contribution in [2.24, 2.45) is 0 Å². The molecule has 0 bridgehead atoms. The highest BCUT2D eigenvalue weighted by atomic mass is 32.1. The third-order valence-corrected chi connectivity index (χ3v) is 5.71. The second kappa shape index (κ2) is 8.10. The molecule has 0 aromatic carbocycles. The number of furan rings is 1. The molecule has 0 N–H and O–H groups in total. The van der Waals surface area contributed by atoms with E-state index in [0.717, 1.165) is 11.3 Å². The fourth-order valence-electron chi connectivity index (χ4n) is 3.26. The maximum Gasteiger partial charge on any atom is 0.222 e. The van der Waals surface area contributed by atoms with E-state index in [-0.39, 0.29) is 11.9 Å². The van der Waals surface area contributed by atoms with Crippen LogP contribution < -0.4 is 0 Å². The van der Waals surface area contributed by atoms with Crippen LogP contribution in [0.5, 0.6) is 0 Å². The zero-order chi connectivity index (χ0) is 17.8. The van der Waals surface area contributed by atoms with Gasteiger partial charge in [-0.15, -0.1) is 11.3 Å². The third kappa shape index (κ3) is 4.67. The molecule has 5 nitrogen and oxygen atoms in total. The Kier molecular flexibility index (Phi) is 5.86. The molecule has 7 heteroatoms. The fourth-order valence-corrected chi connectivity index (χ4v) is 4.07. The van der Waals surface area contributed by atoms with Crippen LogP contribution in [0.2, 0.25) is 0 Å². The van der Waals surface area contributed by atoms with E-state index < -0.39 is 6.17 Å². The van der Waals surface area contributed by atoms with Crippen LogP contribution in [0.3, 0.4) is 0 Å². The number of amides is 1. The Bertz CT molecular complexity index is 688. The van der Waals surface area contributed by atoms with Crippen molar-refractivity contribution in [3.63, 3.8) is 0 Å². The van der Waals surface area contributed by atoms with Crippen molar-refractivity contribution in [2.75, 3.05) is 20.1 Å². The monoisotopic (exact) mass is 365 g/mol. The first-order chi connectivity index (χ1) is 12.0. The normalized spacial score (nSPS) is 20.9. The number of carbonyl (C=O) groups is 1. The molecule has 0 saturated carbocycles. The summed E-state index contributed by atoms with van der Waals surface area (Å²) < 4.78 is 19.0. The molecule has 3 rings (SSSR count). The Hall–Kier alpha value is -1.73. The topological polar surface area (TPSA) is 49.6 Å². The van der Waals surface area contributed by atoms with E-state index in [1.165, 1.54) is 4.88 Å². The van der Waals surface area contributed by atoms with Gasteiger partial charge in [0.25, 0.3) is 0 Å². The molecule has 2 atom stereocenters. The predicted molar refractivity (Wildman–Crippen MR) is 95.2 cm³/mol. The lowest BCUT2D eigenvalue weighted by atomic mass is 10.1. The van der Waals surface area contributed by atoms with Gasteiger partial charge in [0.05, 0.1) is 23.7 Å². The summed E-state index contributed by atoms with van der Waals surface area (Å²) in [6.45, 7) is 3.68. The summed E-state index contributed by atoms with van der Waals surface area (Å²) in [7, 11) is 1.80. The first-order valence-corrected chi connectivity index (χ1v) is 9.43. The molecule has 1 aliphatic heterocycles. The zero-order valence-corrected chi connectivity index (χ0v) is 15.5. The molecule has 3 heterocycles. The number of hydrogen-bond donors (Lipinski definition) is 0. The Morgan fingerprint density at radius 3 is 3.08 bits per heavy atom. The standard InChI is InChI=1S/C18H24FN3O2S/c1-13-17(25-12-20-13)10-22-8-15(19)7-16(22)9-21(2)18(23)4-3-14-5-6-24-11-14/h5-6,11-12,15-16H,3-4,7-10H2,1-2H3/t15-,16-/m0/s1. The van der Waals surface area contributed by atoms with Gasteiger partial charge in [-0.3, -0.25) is 9.69 Å². The minimum absolute atomic E-state index is 0.0550. The second-order valence-electron chi connectivity index (χ2n) is 6.68. The number of carbonyl (C=O) groups excluding carboxylic acids is 1. The summed E-state index contributed by atoms with van der Waals surface area (Å²) in [4.78, 5) is 21.7. The van der Waals surface area contributed by atoms with Gasteiger partial charge in [0.15, 0.2) is 0 Å². The van der Waals surface area contributed by atoms with Crippen LogP contribution in [0.25, 0.3) is 0 Å². The molecule has 1 aliphatic rings. The Morgan fingerprint density at radius 2 is 2.40 bits per heavy atom. The van der Waals surface area contributed by atoms with E-state index in [4.69, 9.17) is 4.42 Å². The van der Waals surface area contributed by atoms with Crippen LogP contribution in [-0.2, 0) is 17.8 Å². The number of likely N-dealkylation sites (N-methyl/N-ethyl adjacent to an activating group) is 1. The summed E-state index contributed by atoms with van der Waals surface area (Å²) in [5, 5.41) is 0. The van der Waals surface area contributed by atoms with Gasteiger partial charge in [0, 0.05) is 44.0 Å². The van der Waals surface area contributed by atoms with E-state index in [1.54, 1.807) is 35.8 Å². The van der Waals surface area contributed by atoms with Gasteiger partial charge in [-0.05, 0) is 31.4 Å². The van der Waals surface area contributed by atoms with Crippen molar-refractivity contribution >= 4 is 17.2 Å². The lowest BCUT2D eigenvalue weighted by Gasteiger charge is -2.28. The molecule has 1 saturated heterocycles. The quantitative estimate of drug-likeness (QED) is 0.757. The van der Waals surface area contributed by atoms with Crippen LogP contribution in [-0.4, -0.2) is 53.0 Å². The molecule has 0 spiro atoms. The summed E-state index contributed by atoms with van der Waals surface area (Å²) in [5.74, 6) is 0.0810. The summed E-state index contributed by atoms with van der Waals surface area (Å²) in [6, 6.07) is 1.93. The number of nitrogens with zero attached hydrogens (tertiary/aromatic N) is 3. The highest BCUT2D eigenvalue weighted by molar-refractivity contribution is 7.09. The maximum atomic E-state index is 14.0. The van der Waals surface area contributed by atoms with Crippen molar-refractivity contribution in [3.8, 4) is 0 Å². The first-order valence-electron chi connectivity index (χ1n) is 8.55. The molecule has 0 aliphatic carbocycles. The van der Waals surface area contributed by atoms with Crippen molar-refractivity contribution in [3.05, 3.63) is 40.2 Å². The smallest absolute Gasteiger partial charge is 0.222 e. The minimum atomic E-state index is -0.826. The van der Waals surface area contributed by atoms with Gasteiger partial charge >= 0.3 is 0 Å². The molecular formula is C18H24FN3O2S. The lowest BCUT2D eigenvalue weighted by molar-refractivity contribution is -0.130. The average molecular weight is 365 g/mol. The van der Waals surface area contributed by atoms with Crippen molar-refractivity contribution in [1.29, 1.82) is 0 Å². The lowest BCUT2D eigenvalue weighted by Crippen LogP contribution is -2.41. The number of likely N-dealkylation sites (tertiary alicyclic amines) is 1. The molecule has 25 heavy (non-hydrogen) atoms. The maximum absolute atomic E-state index is 14.0. The zero-order valence-electron chi connectivity index (χ0n) is 14.7. The van der Waals surface area contributed by atoms with Gasteiger partial charge in [-0.1, -0.05) is 0 Å². The number of thiazole rings is 1. The summed E-state index contributed by atoms with van der Waals surface area (Å²) in [5.41, 5.74) is 3.86. The summed E-state index contributed by atoms with van der Waals surface area (Å²) >= 11 is 1.61. The van der Waals surface area contributed by atoms with E-state index >= 15 is 0 Å². The highest BCUT2D eigenvalue weighted by Crippen LogP contribution is 2.25. The Balaban J connectivity index is 1.53. The van der Waals surface area contributed by atoms with Gasteiger partial charge in [-0.25, -0.2) is 9.37 Å². The molecule has 136 valence electrons. The number of hydrogen-bond acceptors (Lipinski definition) is 5. The van der Waals surface area contributed by atoms with Crippen LogP contribution in [0, 0.1) is 6.92 Å². The highest BCUT2D eigenvalue weighted by Gasteiger charge is 2.33. The number of rotatable bonds is 7. The van der Waals surface area contributed by atoms with Gasteiger partial charge in [-0.2, -0.15) is 0 Å². The number of halogens is 1. The van der Waals surface area contributed by atoms with Gasteiger partial charge < -0.3 is 9.32 Å². The van der Waals surface area contributed by atoms with E-state index in [1.807, 2.05) is 18.5 Å². The minimum Gasteiger partial charge on any atom is -0.472 e. The summed E-state index contributed by atoms with van der Waals surface area (Å²) in [6.07, 6.45) is 4.04. The van der Waals surface area contributed by atoms with Crippen molar-refractivity contribution in [2.45, 2.75) is 44.9 Å². The van der Waals surface area contributed by atoms with Crippen LogP contribution in [0.15, 0.2) is 28.5 Å². The fraction of sp³-hybridized carbons (Fsp3) is 0.556. The molecule has 1 amide bonds. The molecule has 2 aromatic rings. The first kappa shape index (κ1) is 18.1. The molecule has 0 radical (unpaired) electrons. The van der Waals surface area contributed by atoms with Gasteiger partial charge in [0.1, 0.15) is 6.17 Å². The Labute approximate surface area is 151 Å². The second-order valence-corrected chi connectivity index (χ2v) is 7.62. The van der Waals surface area contributed by atoms with Crippen LogP contribution in [0.1, 0.15) is 29.0 Å². The number of aryl methyl sites for hydroxylation is 2. The SMILES string of the molecule is Cc1ncsc1CN1C[C@@H](F)C[C@H]1CN(C)C(=O)CCc1ccoc1.